The first kappa shape index (κ1) is 34.8. The lowest BCUT2D eigenvalue weighted by atomic mass is 9.94. The first-order valence-electron chi connectivity index (χ1n) is 15.2. The third-order valence-electron chi connectivity index (χ3n) is 7.31. The Bertz CT molecular complexity index is 1610. The molecule has 1 heterocycles. The predicted molar refractivity (Wildman–Crippen MR) is 175 cm³/mol. The first-order valence-corrected chi connectivity index (χ1v) is 15.6. The highest BCUT2D eigenvalue weighted by atomic mass is 35.5. The van der Waals surface area contributed by atoms with E-state index in [2.05, 4.69) is 9.97 Å². The van der Waals surface area contributed by atoms with Gasteiger partial charge in [-0.1, -0.05) is 48.0 Å². The number of aromatic nitrogens is 2. The van der Waals surface area contributed by atoms with Crippen LogP contribution in [0, 0.1) is 5.82 Å². The number of nitrogens with zero attached hydrogens (tertiary/aromatic N) is 1. The van der Waals surface area contributed by atoms with Crippen LogP contribution in [0.25, 0.3) is 16.7 Å². The fourth-order valence-corrected chi connectivity index (χ4v) is 5.06. The van der Waals surface area contributed by atoms with E-state index < -0.39 is 5.97 Å². The number of Topliss-reactive ketones (excluding diaryl/α,β-unsaturated/α-hetero) is 1. The molecule has 0 spiro atoms. The monoisotopic (exact) mass is 651 g/mol. The van der Waals surface area contributed by atoms with Crippen LogP contribution in [-0.2, 0) is 43.1 Å². The lowest BCUT2D eigenvalue weighted by Gasteiger charge is -2.13. The maximum Gasteiger partial charge on any atom is 0.329 e. The molecule has 0 amide bonds. The van der Waals surface area contributed by atoms with E-state index in [1.54, 1.807) is 24.3 Å². The Kier molecular flexibility index (Phi) is 13.7. The van der Waals surface area contributed by atoms with Crippen LogP contribution in [0.3, 0.4) is 0 Å². The number of rotatable bonds is 20. The van der Waals surface area contributed by atoms with Crippen LogP contribution in [0.5, 0.6) is 0 Å². The predicted octanol–water partition coefficient (Wildman–Crippen LogP) is 5.93. The normalized spacial score (nSPS) is 12.0. The zero-order chi connectivity index (χ0) is 32.7. The van der Waals surface area contributed by atoms with Gasteiger partial charge in [0.25, 0.3) is 0 Å². The first-order chi connectivity index (χ1) is 22.3. The van der Waals surface area contributed by atoms with Crippen LogP contribution in [0.15, 0.2) is 72.3 Å². The van der Waals surface area contributed by atoms with Crippen LogP contribution < -0.4 is 5.73 Å². The summed E-state index contributed by atoms with van der Waals surface area (Å²) >= 11 is 6.10. The number of nitrogens with one attached hydrogen (secondary N) is 1. The summed E-state index contributed by atoms with van der Waals surface area (Å²) in [6, 6.07) is 19.6. The Morgan fingerprint density at radius 2 is 1.48 bits per heavy atom. The zero-order valence-corrected chi connectivity index (χ0v) is 26.4. The molecule has 0 saturated heterocycles. The van der Waals surface area contributed by atoms with Gasteiger partial charge in [0.1, 0.15) is 18.2 Å². The van der Waals surface area contributed by atoms with Gasteiger partial charge in [-0.15, -0.1) is 0 Å². The van der Waals surface area contributed by atoms with Gasteiger partial charge in [-0.3, -0.25) is 4.79 Å². The smallest absolute Gasteiger partial charge is 0.329 e. The van der Waals surface area contributed by atoms with E-state index in [0.717, 1.165) is 40.6 Å². The van der Waals surface area contributed by atoms with Crippen LogP contribution >= 0.6 is 11.6 Å². The Hall–Kier alpha value is -4.09. The molecule has 0 fully saturated rings. The molecule has 244 valence electrons. The SMILES string of the molecule is N/C(=C(/CCc1ccc(F)cc1)C(=O)CCc1nc2ccc(Cl)cc2[nH]1)c1ccc(CCCOCCOCCOCC(=O)O)cc1. The second kappa shape index (κ2) is 18.2. The lowest BCUT2D eigenvalue weighted by Crippen LogP contribution is -2.13. The Labute approximate surface area is 272 Å². The fourth-order valence-electron chi connectivity index (χ4n) is 4.88. The molecule has 0 aliphatic heterocycles. The number of fused-ring (bicyclic) bond motifs is 1. The van der Waals surface area contributed by atoms with E-state index >= 15 is 0 Å². The topological polar surface area (TPSA) is 137 Å². The number of ether oxygens (including phenoxy) is 3. The maximum atomic E-state index is 13.6. The number of carbonyl (C=O) groups excluding carboxylic acids is 1. The van der Waals surface area contributed by atoms with Gasteiger partial charge in [-0.25, -0.2) is 14.2 Å². The number of nitrogens with two attached hydrogens (primary N) is 1. The quantitative estimate of drug-likeness (QED) is 0.0791. The van der Waals surface area contributed by atoms with Crippen molar-refractivity contribution in [2.45, 2.75) is 38.5 Å². The number of aromatic amines is 1. The highest BCUT2D eigenvalue weighted by Crippen LogP contribution is 2.23. The molecule has 0 aliphatic rings. The van der Waals surface area contributed by atoms with Gasteiger partial charge in [-0.2, -0.15) is 0 Å². The van der Waals surface area contributed by atoms with Crippen LogP contribution in [-0.4, -0.2) is 66.5 Å². The third-order valence-corrected chi connectivity index (χ3v) is 7.54. The number of hydrogen-bond acceptors (Lipinski definition) is 7. The minimum Gasteiger partial charge on any atom is -0.480 e. The molecule has 0 unspecified atom stereocenters. The molecule has 11 heteroatoms. The number of imidazole rings is 1. The average Bonchev–Trinajstić information content (AvgIpc) is 3.45. The Morgan fingerprint density at radius 1 is 0.826 bits per heavy atom. The molecular formula is C35H39ClFN3O6. The van der Waals surface area contributed by atoms with Crippen molar-refractivity contribution in [3.8, 4) is 0 Å². The van der Waals surface area contributed by atoms with E-state index in [1.807, 2.05) is 30.3 Å². The number of carbonyl (C=O) groups is 2. The molecule has 9 nitrogen and oxygen atoms in total. The van der Waals surface area contributed by atoms with E-state index in [9.17, 15) is 14.0 Å². The largest absolute Gasteiger partial charge is 0.480 e. The minimum atomic E-state index is -1.01. The summed E-state index contributed by atoms with van der Waals surface area (Å²) in [5.74, 6) is -0.670. The summed E-state index contributed by atoms with van der Waals surface area (Å²) < 4.78 is 29.3. The van der Waals surface area contributed by atoms with Crippen molar-refractivity contribution < 1.29 is 33.3 Å². The molecule has 46 heavy (non-hydrogen) atoms. The van der Waals surface area contributed by atoms with Gasteiger partial charge >= 0.3 is 5.97 Å². The summed E-state index contributed by atoms with van der Waals surface area (Å²) in [5.41, 5.74) is 12.0. The number of carboxylic acids is 1. The second-order valence-electron chi connectivity index (χ2n) is 10.8. The van der Waals surface area contributed by atoms with Crippen molar-refractivity contribution in [3.05, 3.63) is 106 Å². The van der Waals surface area contributed by atoms with Crippen LogP contribution in [0.4, 0.5) is 4.39 Å². The van der Waals surface area contributed by atoms with Gasteiger partial charge in [0, 0.05) is 35.7 Å². The fraction of sp³-hybridized carbons (Fsp3) is 0.343. The molecule has 0 radical (unpaired) electrons. The molecular weight excluding hydrogens is 613 g/mol. The Morgan fingerprint density at radius 3 is 2.20 bits per heavy atom. The Balaban J connectivity index is 1.31. The van der Waals surface area contributed by atoms with Gasteiger partial charge in [0.15, 0.2) is 5.78 Å². The number of aliphatic carboxylic acids is 1. The summed E-state index contributed by atoms with van der Waals surface area (Å²) in [5, 5.41) is 9.12. The number of ketones is 1. The summed E-state index contributed by atoms with van der Waals surface area (Å²) in [6.07, 6.45) is 3.26. The summed E-state index contributed by atoms with van der Waals surface area (Å²) in [4.78, 5) is 31.8. The molecule has 4 N–H and O–H groups in total. The van der Waals surface area contributed by atoms with Crippen LogP contribution in [0.2, 0.25) is 5.02 Å². The molecule has 0 atom stereocenters. The number of H-pyrrole nitrogens is 1. The molecule has 4 rings (SSSR count). The maximum absolute atomic E-state index is 13.6. The molecule has 0 saturated carbocycles. The van der Waals surface area contributed by atoms with E-state index in [0.29, 0.717) is 67.8 Å². The number of halogens is 2. The highest BCUT2D eigenvalue weighted by molar-refractivity contribution is 6.31. The average molecular weight is 652 g/mol. The highest BCUT2D eigenvalue weighted by Gasteiger charge is 2.17. The van der Waals surface area contributed by atoms with Crippen molar-refractivity contribution >= 4 is 40.1 Å². The van der Waals surface area contributed by atoms with Gasteiger partial charge in [-0.05, 0) is 72.7 Å². The van der Waals surface area contributed by atoms with Crippen LogP contribution in [0.1, 0.15) is 41.8 Å². The van der Waals surface area contributed by atoms with Crippen molar-refractivity contribution in [1.82, 2.24) is 9.97 Å². The summed E-state index contributed by atoms with van der Waals surface area (Å²) in [7, 11) is 0. The van der Waals surface area contributed by atoms with Crippen molar-refractivity contribution in [1.29, 1.82) is 0 Å². The number of allylic oxidation sites excluding steroid dienone is 1. The summed E-state index contributed by atoms with van der Waals surface area (Å²) in [6.45, 7) is 1.64. The second-order valence-corrected chi connectivity index (χ2v) is 11.2. The lowest BCUT2D eigenvalue weighted by molar-refractivity contribution is -0.142. The molecule has 1 aromatic heterocycles. The number of carboxylic acid groups (broad SMARTS) is 1. The molecule has 4 aromatic rings. The minimum absolute atomic E-state index is 0.0592. The van der Waals surface area contributed by atoms with Gasteiger partial charge < -0.3 is 30.0 Å². The van der Waals surface area contributed by atoms with E-state index in [1.165, 1.54) is 12.1 Å². The number of benzene rings is 3. The van der Waals surface area contributed by atoms with E-state index in [-0.39, 0.29) is 31.2 Å². The number of aryl methyl sites for hydroxylation is 3. The molecule has 0 bridgehead atoms. The van der Waals surface area contributed by atoms with Gasteiger partial charge in [0.05, 0.1) is 37.5 Å². The van der Waals surface area contributed by atoms with Crippen molar-refractivity contribution in [3.63, 3.8) is 0 Å². The number of hydrogen-bond donors (Lipinski definition) is 3. The van der Waals surface area contributed by atoms with Gasteiger partial charge in [0.2, 0.25) is 0 Å². The molecule has 3 aromatic carbocycles. The molecule has 0 aliphatic carbocycles. The van der Waals surface area contributed by atoms with E-state index in [4.69, 9.17) is 36.7 Å². The third kappa shape index (κ3) is 11.4. The van der Waals surface area contributed by atoms with Crippen molar-refractivity contribution in [2.75, 3.05) is 39.6 Å². The zero-order valence-electron chi connectivity index (χ0n) is 25.6. The van der Waals surface area contributed by atoms with Crippen molar-refractivity contribution in [2.24, 2.45) is 5.73 Å². The standard InChI is InChI=1S/C35H39ClFN3O6/c36-27-10-14-30-31(22-27)40-33(39-30)16-15-32(41)29(13-7-25-5-11-28(37)12-6-25)35(38)26-8-3-24(4-9-26)2-1-17-44-18-19-45-20-21-46-23-34(42)43/h3-6,8-12,14,22H,1-2,7,13,15-21,23,38H2,(H,39,40)(H,42,43)/b35-29-.